The SMILES string of the molecule is CC[C@H](C)NC(=O)[C@H](C)N(Cc1c(Cl)cccc1Cl)C(=O)CN(c1ccc(C)cc1)S(C)(=O)=O. The van der Waals surface area contributed by atoms with Gasteiger partial charge in [0.05, 0.1) is 11.9 Å². The Bertz CT molecular complexity index is 1100. The van der Waals surface area contributed by atoms with Gasteiger partial charge < -0.3 is 10.2 Å². The molecule has 2 aromatic carbocycles. The van der Waals surface area contributed by atoms with Crippen LogP contribution in [0.15, 0.2) is 42.5 Å². The number of aryl methyl sites for hydroxylation is 1. The maximum Gasteiger partial charge on any atom is 0.244 e. The quantitative estimate of drug-likeness (QED) is 0.495. The predicted octanol–water partition coefficient (Wildman–Crippen LogP) is 4.40. The van der Waals surface area contributed by atoms with Gasteiger partial charge in [-0.1, -0.05) is 53.9 Å². The van der Waals surface area contributed by atoms with Crippen LogP contribution in [0.1, 0.15) is 38.3 Å². The summed E-state index contributed by atoms with van der Waals surface area (Å²) in [7, 11) is -3.78. The smallest absolute Gasteiger partial charge is 0.244 e. The topological polar surface area (TPSA) is 86.8 Å². The van der Waals surface area contributed by atoms with Gasteiger partial charge in [-0.05, 0) is 51.5 Å². The molecule has 2 aromatic rings. The van der Waals surface area contributed by atoms with Crippen LogP contribution in [-0.4, -0.2) is 50.0 Å². The summed E-state index contributed by atoms with van der Waals surface area (Å²) >= 11 is 12.7. The van der Waals surface area contributed by atoms with Crippen molar-refractivity contribution in [2.75, 3.05) is 17.1 Å². The first-order valence-corrected chi connectivity index (χ1v) is 13.5. The minimum absolute atomic E-state index is 0.0576. The van der Waals surface area contributed by atoms with E-state index < -0.39 is 28.5 Å². The first kappa shape index (κ1) is 28.0. The minimum atomic E-state index is -3.78. The van der Waals surface area contributed by atoms with Crippen molar-refractivity contribution >= 4 is 50.7 Å². The van der Waals surface area contributed by atoms with E-state index in [1.807, 2.05) is 20.8 Å². The Morgan fingerprint density at radius 3 is 2.09 bits per heavy atom. The zero-order valence-corrected chi connectivity index (χ0v) is 22.3. The number of amides is 2. The first-order chi connectivity index (χ1) is 15.8. The standard InChI is InChI=1S/C24H31Cl2N3O4S/c1-6-17(3)27-24(31)18(4)28(14-20-21(25)8-7-9-22(20)26)23(30)15-29(34(5,32)33)19-12-10-16(2)11-13-19/h7-13,17-18H,6,14-15H2,1-5H3,(H,27,31)/t17-,18-/m0/s1. The Kier molecular flexibility index (Phi) is 9.79. The van der Waals surface area contributed by atoms with Crippen molar-refractivity contribution in [1.82, 2.24) is 10.2 Å². The second-order valence-corrected chi connectivity index (χ2v) is 11.0. The van der Waals surface area contributed by atoms with Crippen LogP contribution in [0.25, 0.3) is 0 Å². The molecule has 0 bridgehead atoms. The van der Waals surface area contributed by atoms with E-state index in [0.717, 1.165) is 22.5 Å². The summed E-state index contributed by atoms with van der Waals surface area (Å²) in [4.78, 5) is 27.7. The highest BCUT2D eigenvalue weighted by atomic mass is 35.5. The number of nitrogens with one attached hydrogen (secondary N) is 1. The van der Waals surface area contributed by atoms with Gasteiger partial charge >= 0.3 is 0 Å². The highest BCUT2D eigenvalue weighted by Crippen LogP contribution is 2.27. The van der Waals surface area contributed by atoms with Crippen molar-refractivity contribution in [1.29, 1.82) is 0 Å². The van der Waals surface area contributed by atoms with E-state index in [9.17, 15) is 18.0 Å². The molecule has 1 N–H and O–H groups in total. The van der Waals surface area contributed by atoms with Crippen molar-refractivity contribution in [2.24, 2.45) is 0 Å². The molecule has 0 aliphatic heterocycles. The second-order valence-electron chi connectivity index (χ2n) is 8.32. The third-order valence-electron chi connectivity index (χ3n) is 5.56. The molecule has 186 valence electrons. The number of halogens is 2. The molecule has 2 atom stereocenters. The number of sulfonamides is 1. The fraction of sp³-hybridized carbons (Fsp3) is 0.417. The molecular weight excluding hydrogens is 497 g/mol. The van der Waals surface area contributed by atoms with Crippen LogP contribution in [0.3, 0.4) is 0 Å². The molecule has 0 saturated carbocycles. The summed E-state index contributed by atoms with van der Waals surface area (Å²) in [6, 6.07) is 10.8. The molecule has 34 heavy (non-hydrogen) atoms. The molecule has 0 fully saturated rings. The van der Waals surface area contributed by atoms with Gasteiger partial charge in [0.1, 0.15) is 12.6 Å². The molecule has 0 aliphatic rings. The molecule has 2 amide bonds. The van der Waals surface area contributed by atoms with E-state index in [-0.39, 0.29) is 18.5 Å². The van der Waals surface area contributed by atoms with Gasteiger partial charge in [0.15, 0.2) is 0 Å². The van der Waals surface area contributed by atoms with Gasteiger partial charge in [-0.25, -0.2) is 8.42 Å². The Morgan fingerprint density at radius 1 is 1.03 bits per heavy atom. The molecule has 0 unspecified atom stereocenters. The summed E-state index contributed by atoms with van der Waals surface area (Å²) < 4.78 is 26.1. The van der Waals surface area contributed by atoms with E-state index >= 15 is 0 Å². The molecule has 7 nitrogen and oxygen atoms in total. The molecular formula is C24H31Cl2N3O4S. The second kappa shape index (κ2) is 11.9. The van der Waals surface area contributed by atoms with Gasteiger partial charge in [0.2, 0.25) is 21.8 Å². The van der Waals surface area contributed by atoms with E-state index in [1.54, 1.807) is 49.4 Å². The Balaban J connectivity index is 2.43. The number of nitrogens with zero attached hydrogens (tertiary/aromatic N) is 2. The van der Waals surface area contributed by atoms with Crippen LogP contribution in [0.2, 0.25) is 10.0 Å². The normalized spacial score (nSPS) is 13.1. The highest BCUT2D eigenvalue weighted by Gasteiger charge is 2.31. The van der Waals surface area contributed by atoms with Crippen molar-refractivity contribution in [2.45, 2.75) is 52.7 Å². The largest absolute Gasteiger partial charge is 0.352 e. The molecule has 10 heteroatoms. The van der Waals surface area contributed by atoms with Crippen molar-refractivity contribution < 1.29 is 18.0 Å². The number of carbonyl (C=O) groups is 2. The zero-order valence-electron chi connectivity index (χ0n) is 20.0. The monoisotopic (exact) mass is 527 g/mol. The Morgan fingerprint density at radius 2 is 1.59 bits per heavy atom. The van der Waals surface area contributed by atoms with E-state index in [0.29, 0.717) is 21.3 Å². The van der Waals surface area contributed by atoms with Crippen LogP contribution in [0.4, 0.5) is 5.69 Å². The van der Waals surface area contributed by atoms with Crippen LogP contribution >= 0.6 is 23.2 Å². The van der Waals surface area contributed by atoms with Gasteiger partial charge in [-0.3, -0.25) is 13.9 Å². The summed E-state index contributed by atoms with van der Waals surface area (Å²) in [5.41, 5.74) is 1.78. The Labute approximate surface area is 212 Å². The van der Waals surface area contributed by atoms with Crippen molar-refractivity contribution in [3.8, 4) is 0 Å². The third kappa shape index (κ3) is 7.35. The average molecular weight is 529 g/mol. The highest BCUT2D eigenvalue weighted by molar-refractivity contribution is 7.92. The lowest BCUT2D eigenvalue weighted by atomic mass is 10.1. The molecule has 0 aromatic heterocycles. The number of benzene rings is 2. The molecule has 2 rings (SSSR count). The number of anilines is 1. The number of hydrogen-bond acceptors (Lipinski definition) is 4. The van der Waals surface area contributed by atoms with Crippen LogP contribution in [0.5, 0.6) is 0 Å². The van der Waals surface area contributed by atoms with Crippen molar-refractivity contribution in [3.63, 3.8) is 0 Å². The molecule has 0 saturated heterocycles. The lowest BCUT2D eigenvalue weighted by Gasteiger charge is -2.32. The van der Waals surface area contributed by atoms with Crippen LogP contribution in [0, 0.1) is 6.92 Å². The van der Waals surface area contributed by atoms with Crippen molar-refractivity contribution in [3.05, 3.63) is 63.6 Å². The van der Waals surface area contributed by atoms with Crippen LogP contribution < -0.4 is 9.62 Å². The maximum absolute atomic E-state index is 13.5. The predicted molar refractivity (Wildman–Crippen MR) is 138 cm³/mol. The van der Waals surface area contributed by atoms with E-state index in [2.05, 4.69) is 5.32 Å². The number of carbonyl (C=O) groups excluding carboxylic acids is 2. The van der Waals surface area contributed by atoms with Crippen LogP contribution in [-0.2, 0) is 26.2 Å². The number of hydrogen-bond donors (Lipinski definition) is 1. The Hall–Kier alpha value is -2.29. The van der Waals surface area contributed by atoms with Gasteiger partial charge in [-0.2, -0.15) is 0 Å². The van der Waals surface area contributed by atoms with E-state index in [1.165, 1.54) is 4.90 Å². The fourth-order valence-corrected chi connectivity index (χ4v) is 4.59. The lowest BCUT2D eigenvalue weighted by molar-refractivity contribution is -0.139. The molecule has 0 spiro atoms. The summed E-state index contributed by atoms with van der Waals surface area (Å²) in [6.45, 7) is 6.74. The summed E-state index contributed by atoms with van der Waals surface area (Å²) in [6.07, 6.45) is 1.76. The van der Waals surface area contributed by atoms with Gasteiger partial charge in [0.25, 0.3) is 0 Å². The van der Waals surface area contributed by atoms with E-state index in [4.69, 9.17) is 23.2 Å². The fourth-order valence-electron chi connectivity index (χ4n) is 3.23. The van der Waals surface area contributed by atoms with Gasteiger partial charge in [-0.15, -0.1) is 0 Å². The zero-order chi connectivity index (χ0) is 25.6. The minimum Gasteiger partial charge on any atom is -0.352 e. The third-order valence-corrected chi connectivity index (χ3v) is 7.41. The lowest BCUT2D eigenvalue weighted by Crippen LogP contribution is -2.52. The maximum atomic E-state index is 13.5. The molecule has 0 heterocycles. The number of rotatable bonds is 10. The molecule has 0 radical (unpaired) electrons. The average Bonchev–Trinajstić information content (AvgIpc) is 2.76. The first-order valence-electron chi connectivity index (χ1n) is 10.9. The summed E-state index contributed by atoms with van der Waals surface area (Å²) in [5.74, 6) is -0.916. The van der Waals surface area contributed by atoms with Gasteiger partial charge in [0, 0.05) is 28.2 Å². The summed E-state index contributed by atoms with van der Waals surface area (Å²) in [5, 5.41) is 3.56. The molecule has 0 aliphatic carbocycles.